The Labute approximate surface area is 177 Å². The SMILES string of the molecule is CN(c1ccc(C(=O)N2CCCc3ccccc32)o1)S(=O)(=O)c1ccc(Br)cc1. The molecule has 0 spiro atoms. The van der Waals surface area contributed by atoms with Crippen molar-refractivity contribution in [3.05, 3.63) is 76.5 Å². The number of benzene rings is 2. The Morgan fingerprint density at radius 3 is 2.55 bits per heavy atom. The molecule has 6 nitrogen and oxygen atoms in total. The van der Waals surface area contributed by atoms with Gasteiger partial charge in [-0.05, 0) is 54.8 Å². The van der Waals surface area contributed by atoms with Crippen LogP contribution in [0.15, 0.2) is 74.4 Å². The van der Waals surface area contributed by atoms with E-state index in [0.29, 0.717) is 6.54 Å². The molecule has 0 unspecified atom stereocenters. The second kappa shape index (κ2) is 7.68. The Kier molecular flexibility index (Phi) is 5.23. The molecular formula is C21H19BrN2O4S. The Morgan fingerprint density at radius 2 is 1.79 bits per heavy atom. The highest BCUT2D eigenvalue weighted by atomic mass is 79.9. The van der Waals surface area contributed by atoms with Crippen LogP contribution in [-0.4, -0.2) is 27.9 Å². The fourth-order valence-electron chi connectivity index (χ4n) is 3.37. The summed E-state index contributed by atoms with van der Waals surface area (Å²) in [7, 11) is -2.40. The van der Waals surface area contributed by atoms with E-state index in [1.165, 1.54) is 31.3 Å². The van der Waals surface area contributed by atoms with E-state index in [1.54, 1.807) is 17.0 Å². The van der Waals surface area contributed by atoms with Gasteiger partial charge < -0.3 is 9.32 Å². The number of nitrogens with zero attached hydrogens (tertiary/aromatic N) is 2. The number of para-hydroxylation sites is 1. The molecule has 0 saturated heterocycles. The number of carbonyl (C=O) groups is 1. The van der Waals surface area contributed by atoms with Crippen LogP contribution in [0.5, 0.6) is 0 Å². The molecule has 0 saturated carbocycles. The lowest BCUT2D eigenvalue weighted by molar-refractivity contribution is 0.0959. The van der Waals surface area contributed by atoms with Crippen LogP contribution >= 0.6 is 15.9 Å². The van der Waals surface area contributed by atoms with E-state index in [0.717, 1.165) is 32.9 Å². The van der Waals surface area contributed by atoms with Gasteiger partial charge in [0.05, 0.1) is 4.90 Å². The van der Waals surface area contributed by atoms with Crippen molar-refractivity contribution in [3.8, 4) is 0 Å². The number of furan rings is 1. The number of halogens is 1. The second-order valence-corrected chi connectivity index (χ2v) is 9.64. The standard InChI is InChI=1S/C21H19BrN2O4S/c1-23(29(26,27)17-10-8-16(22)9-11-17)20-13-12-19(28-20)21(25)24-14-4-6-15-5-2-3-7-18(15)24/h2-3,5,7-13H,4,6,14H2,1H3. The molecule has 1 aliphatic heterocycles. The van der Waals surface area contributed by atoms with Crippen molar-refractivity contribution in [1.29, 1.82) is 0 Å². The molecule has 8 heteroatoms. The van der Waals surface area contributed by atoms with E-state index in [2.05, 4.69) is 15.9 Å². The van der Waals surface area contributed by atoms with Crippen molar-refractivity contribution < 1.29 is 17.6 Å². The average Bonchev–Trinajstić information content (AvgIpc) is 3.22. The maximum Gasteiger partial charge on any atom is 0.294 e. The molecule has 29 heavy (non-hydrogen) atoms. The molecule has 3 aromatic rings. The third kappa shape index (κ3) is 3.70. The monoisotopic (exact) mass is 474 g/mol. The molecule has 1 aromatic heterocycles. The third-order valence-electron chi connectivity index (χ3n) is 4.94. The number of hydrogen-bond acceptors (Lipinski definition) is 4. The molecular weight excluding hydrogens is 456 g/mol. The van der Waals surface area contributed by atoms with Crippen LogP contribution < -0.4 is 9.21 Å². The number of carbonyl (C=O) groups excluding carboxylic acids is 1. The first-order valence-corrected chi connectivity index (χ1v) is 11.4. The van der Waals surface area contributed by atoms with Crippen molar-refractivity contribution in [3.63, 3.8) is 0 Å². The topological polar surface area (TPSA) is 70.8 Å². The summed E-state index contributed by atoms with van der Waals surface area (Å²) in [6.07, 6.45) is 1.80. The Bertz CT molecular complexity index is 1160. The Balaban J connectivity index is 1.60. The zero-order chi connectivity index (χ0) is 20.6. The van der Waals surface area contributed by atoms with Crippen molar-refractivity contribution in [2.24, 2.45) is 0 Å². The molecule has 2 heterocycles. The third-order valence-corrected chi connectivity index (χ3v) is 7.24. The van der Waals surface area contributed by atoms with Crippen molar-refractivity contribution in [1.82, 2.24) is 0 Å². The van der Waals surface area contributed by atoms with Crippen LogP contribution in [0.1, 0.15) is 22.5 Å². The molecule has 4 rings (SSSR count). The first-order chi connectivity index (χ1) is 13.9. The molecule has 0 bridgehead atoms. The zero-order valence-corrected chi connectivity index (χ0v) is 18.1. The number of fused-ring (bicyclic) bond motifs is 1. The number of amides is 1. The lowest BCUT2D eigenvalue weighted by Crippen LogP contribution is -2.35. The quantitative estimate of drug-likeness (QED) is 0.559. The van der Waals surface area contributed by atoms with Gasteiger partial charge in [-0.2, -0.15) is 0 Å². The van der Waals surface area contributed by atoms with Gasteiger partial charge in [0, 0.05) is 29.8 Å². The smallest absolute Gasteiger partial charge is 0.294 e. The van der Waals surface area contributed by atoms with Crippen LogP contribution in [0.3, 0.4) is 0 Å². The summed E-state index contributed by atoms with van der Waals surface area (Å²) in [5.41, 5.74) is 1.99. The highest BCUT2D eigenvalue weighted by Gasteiger charge is 2.28. The minimum Gasteiger partial charge on any atom is -0.434 e. The maximum atomic E-state index is 13.0. The fraction of sp³-hybridized carbons (Fsp3) is 0.190. The predicted octanol–water partition coefficient (Wildman–Crippen LogP) is 4.46. The largest absolute Gasteiger partial charge is 0.434 e. The van der Waals surface area contributed by atoms with Crippen LogP contribution in [-0.2, 0) is 16.4 Å². The van der Waals surface area contributed by atoms with Crippen molar-refractivity contribution >= 4 is 43.4 Å². The van der Waals surface area contributed by atoms with Crippen LogP contribution in [0.4, 0.5) is 11.6 Å². The van der Waals surface area contributed by atoms with E-state index in [1.807, 2.05) is 24.3 Å². The van der Waals surface area contributed by atoms with Gasteiger partial charge in [-0.3, -0.25) is 4.79 Å². The molecule has 0 fully saturated rings. The molecule has 0 N–H and O–H groups in total. The first kappa shape index (κ1) is 19.7. The zero-order valence-electron chi connectivity index (χ0n) is 15.7. The summed E-state index contributed by atoms with van der Waals surface area (Å²) in [6, 6.07) is 17.1. The molecule has 150 valence electrons. The number of sulfonamides is 1. The van der Waals surface area contributed by atoms with Crippen molar-refractivity contribution in [2.45, 2.75) is 17.7 Å². The van der Waals surface area contributed by atoms with Crippen molar-refractivity contribution in [2.75, 3.05) is 22.8 Å². The van der Waals surface area contributed by atoms with E-state index < -0.39 is 10.0 Å². The van der Waals surface area contributed by atoms with Gasteiger partial charge in [-0.15, -0.1) is 0 Å². The van der Waals surface area contributed by atoms with E-state index in [4.69, 9.17) is 4.42 Å². The van der Waals surface area contributed by atoms with E-state index >= 15 is 0 Å². The number of aryl methyl sites for hydroxylation is 1. The van der Waals surface area contributed by atoms with Gasteiger partial charge in [-0.1, -0.05) is 34.1 Å². The summed E-state index contributed by atoms with van der Waals surface area (Å²) in [5.74, 6) is -0.0889. The Morgan fingerprint density at radius 1 is 1.07 bits per heavy atom. The maximum absolute atomic E-state index is 13.0. The number of anilines is 2. The first-order valence-electron chi connectivity index (χ1n) is 9.12. The normalized spacial score (nSPS) is 13.8. The average molecular weight is 475 g/mol. The van der Waals surface area contributed by atoms with Gasteiger partial charge in [0.1, 0.15) is 0 Å². The highest BCUT2D eigenvalue weighted by molar-refractivity contribution is 9.10. The lowest BCUT2D eigenvalue weighted by atomic mass is 10.0. The minimum atomic E-state index is -3.80. The van der Waals surface area contributed by atoms with Crippen LogP contribution in [0.2, 0.25) is 0 Å². The number of rotatable bonds is 4. The molecule has 0 radical (unpaired) electrons. The van der Waals surface area contributed by atoms with Gasteiger partial charge >= 0.3 is 0 Å². The molecule has 1 aliphatic rings. The summed E-state index contributed by atoms with van der Waals surface area (Å²) >= 11 is 3.29. The predicted molar refractivity (Wildman–Crippen MR) is 115 cm³/mol. The van der Waals surface area contributed by atoms with Gasteiger partial charge in [0.25, 0.3) is 15.9 Å². The van der Waals surface area contributed by atoms with E-state index in [-0.39, 0.29) is 22.4 Å². The van der Waals surface area contributed by atoms with Gasteiger partial charge in [0.15, 0.2) is 5.76 Å². The van der Waals surface area contributed by atoms with Gasteiger partial charge in [0.2, 0.25) is 5.88 Å². The van der Waals surface area contributed by atoms with Crippen LogP contribution in [0, 0.1) is 0 Å². The van der Waals surface area contributed by atoms with Crippen LogP contribution in [0.25, 0.3) is 0 Å². The summed E-state index contributed by atoms with van der Waals surface area (Å²) in [6.45, 7) is 0.596. The molecule has 0 aliphatic carbocycles. The fourth-order valence-corrected chi connectivity index (χ4v) is 4.77. The summed E-state index contributed by atoms with van der Waals surface area (Å²) in [4.78, 5) is 14.8. The molecule has 1 amide bonds. The number of hydrogen-bond donors (Lipinski definition) is 0. The highest BCUT2D eigenvalue weighted by Crippen LogP contribution is 2.30. The summed E-state index contributed by atoms with van der Waals surface area (Å²) in [5, 5.41) is 0. The van der Waals surface area contributed by atoms with E-state index in [9.17, 15) is 13.2 Å². The molecule has 2 aromatic carbocycles. The lowest BCUT2D eigenvalue weighted by Gasteiger charge is -2.28. The minimum absolute atomic E-state index is 0.0848. The summed E-state index contributed by atoms with van der Waals surface area (Å²) < 4.78 is 33.2. The molecule has 0 atom stereocenters. The Hall–Kier alpha value is -2.58. The van der Waals surface area contributed by atoms with Gasteiger partial charge in [-0.25, -0.2) is 12.7 Å². The second-order valence-electron chi connectivity index (χ2n) is 6.75.